The first kappa shape index (κ1) is 5.83. The highest BCUT2D eigenvalue weighted by Crippen LogP contribution is 2.33. The van der Waals surface area contributed by atoms with Gasteiger partial charge in [0.25, 0.3) is 0 Å². The largest absolute Gasteiger partial charge is 0.148 e. The van der Waals surface area contributed by atoms with Crippen molar-refractivity contribution in [1.82, 2.24) is 0 Å². The zero-order valence-corrected chi connectivity index (χ0v) is 5.86. The molecule has 1 aliphatic rings. The first-order valence-electron chi connectivity index (χ1n) is 2.46. The van der Waals surface area contributed by atoms with Crippen molar-refractivity contribution in [2.75, 3.05) is 5.75 Å². The van der Waals surface area contributed by atoms with Gasteiger partial charge in [0.15, 0.2) is 0 Å². The van der Waals surface area contributed by atoms with Gasteiger partial charge in [0.05, 0.1) is 4.58 Å². The summed E-state index contributed by atoms with van der Waals surface area (Å²) in [6.45, 7) is 0. The second-order valence-corrected chi connectivity index (χ2v) is 4.12. The molecule has 0 spiro atoms. The Morgan fingerprint density at radius 2 is 2.57 bits per heavy atom. The van der Waals surface area contributed by atoms with Crippen LogP contribution in [0.25, 0.3) is 0 Å². The van der Waals surface area contributed by atoms with Crippen LogP contribution in [-0.4, -0.2) is 10.3 Å². The van der Waals surface area contributed by atoms with Gasteiger partial charge in [-0.15, -0.1) is 23.5 Å². The van der Waals surface area contributed by atoms with Gasteiger partial charge in [-0.05, 0) is 18.6 Å². The van der Waals surface area contributed by atoms with Crippen LogP contribution in [0, 0.1) is 6.26 Å². The van der Waals surface area contributed by atoms with Crippen LogP contribution in [0.1, 0.15) is 12.8 Å². The number of rotatable bonds is 1. The van der Waals surface area contributed by atoms with Gasteiger partial charge in [0.2, 0.25) is 0 Å². The molecule has 7 heavy (non-hydrogen) atoms. The van der Waals surface area contributed by atoms with Gasteiger partial charge in [0.1, 0.15) is 0 Å². The van der Waals surface area contributed by atoms with E-state index in [1.165, 1.54) is 18.6 Å². The van der Waals surface area contributed by atoms with Crippen molar-refractivity contribution in [2.45, 2.75) is 17.4 Å². The highest BCUT2D eigenvalue weighted by atomic mass is 32.2. The Morgan fingerprint density at radius 3 is 2.86 bits per heavy atom. The van der Waals surface area contributed by atoms with Crippen molar-refractivity contribution in [1.29, 1.82) is 0 Å². The number of hydrogen-bond donors (Lipinski definition) is 0. The molecule has 41 valence electrons. The second kappa shape index (κ2) is 2.88. The summed E-state index contributed by atoms with van der Waals surface area (Å²) in [5, 5.41) is 0. The van der Waals surface area contributed by atoms with E-state index >= 15 is 0 Å². The summed E-state index contributed by atoms with van der Waals surface area (Å²) < 4.78 is 0.819. The fourth-order valence-corrected chi connectivity index (χ4v) is 2.62. The molecule has 1 atom stereocenters. The average Bonchev–Trinajstić information content (AvgIpc) is 2.14. The molecule has 0 amide bonds. The van der Waals surface area contributed by atoms with Crippen molar-refractivity contribution in [3.05, 3.63) is 6.26 Å². The van der Waals surface area contributed by atoms with E-state index in [1.807, 2.05) is 11.8 Å². The maximum Gasteiger partial charge on any atom is 0.0503 e. The molecular weight excluding hydrogens is 124 g/mol. The molecule has 0 nitrogen and oxygen atoms in total. The van der Waals surface area contributed by atoms with Gasteiger partial charge in [-0.25, -0.2) is 0 Å². The highest BCUT2D eigenvalue weighted by molar-refractivity contribution is 8.17. The Labute approximate surface area is 53.4 Å². The van der Waals surface area contributed by atoms with Crippen LogP contribution < -0.4 is 0 Å². The highest BCUT2D eigenvalue weighted by Gasteiger charge is 2.12. The standard InChI is InChI=1S/C5H9S2/c1-6-5-3-2-4-7-5/h5H,1-4H2. The number of hydrogen-bond acceptors (Lipinski definition) is 2. The summed E-state index contributed by atoms with van der Waals surface area (Å²) in [7, 11) is 0. The van der Waals surface area contributed by atoms with Crippen LogP contribution in [0.15, 0.2) is 0 Å². The van der Waals surface area contributed by atoms with E-state index in [9.17, 15) is 0 Å². The van der Waals surface area contributed by atoms with Crippen LogP contribution in [-0.2, 0) is 0 Å². The van der Waals surface area contributed by atoms with Gasteiger partial charge in [-0.2, -0.15) is 0 Å². The molecule has 1 saturated heterocycles. The van der Waals surface area contributed by atoms with E-state index in [-0.39, 0.29) is 0 Å². The Hall–Kier alpha value is 0.700. The van der Waals surface area contributed by atoms with Crippen molar-refractivity contribution in [2.24, 2.45) is 0 Å². The maximum atomic E-state index is 3.76. The average molecular weight is 133 g/mol. The van der Waals surface area contributed by atoms with Gasteiger partial charge >= 0.3 is 0 Å². The minimum atomic E-state index is 0.819. The van der Waals surface area contributed by atoms with Gasteiger partial charge in [-0.1, -0.05) is 0 Å². The first-order valence-corrected chi connectivity index (χ1v) is 4.55. The minimum absolute atomic E-state index is 0.819. The lowest BCUT2D eigenvalue weighted by molar-refractivity contribution is 0.925. The van der Waals surface area contributed by atoms with Crippen molar-refractivity contribution in [3.63, 3.8) is 0 Å². The Bertz CT molecular complexity index is 48.0. The molecule has 1 fully saturated rings. The second-order valence-electron chi connectivity index (χ2n) is 1.61. The zero-order chi connectivity index (χ0) is 5.11. The predicted octanol–water partition coefficient (Wildman–Crippen LogP) is 2.36. The first-order chi connectivity index (χ1) is 3.43. The predicted molar refractivity (Wildman–Crippen MR) is 38.4 cm³/mol. The van der Waals surface area contributed by atoms with E-state index in [4.69, 9.17) is 0 Å². The third kappa shape index (κ3) is 1.57. The van der Waals surface area contributed by atoms with Crippen LogP contribution in [0.5, 0.6) is 0 Å². The summed E-state index contributed by atoms with van der Waals surface area (Å²) in [5.41, 5.74) is 0. The lowest BCUT2D eigenvalue weighted by atomic mass is 10.4. The molecule has 2 heteroatoms. The molecule has 1 rings (SSSR count). The van der Waals surface area contributed by atoms with E-state index in [1.54, 1.807) is 11.8 Å². The fraction of sp³-hybridized carbons (Fsp3) is 0.800. The maximum absolute atomic E-state index is 3.76. The summed E-state index contributed by atoms with van der Waals surface area (Å²) in [6.07, 6.45) is 6.54. The molecule has 1 radical (unpaired) electrons. The van der Waals surface area contributed by atoms with Gasteiger partial charge in [0, 0.05) is 6.26 Å². The van der Waals surface area contributed by atoms with Crippen molar-refractivity contribution in [3.8, 4) is 0 Å². The summed E-state index contributed by atoms with van der Waals surface area (Å²) in [4.78, 5) is 0. The Kier molecular flexibility index (Phi) is 2.40. The number of thioether (sulfide) groups is 2. The van der Waals surface area contributed by atoms with Gasteiger partial charge in [-0.3, -0.25) is 0 Å². The molecule has 0 aromatic rings. The molecule has 0 aromatic carbocycles. The topological polar surface area (TPSA) is 0 Å². The van der Waals surface area contributed by atoms with Crippen molar-refractivity contribution < 1.29 is 0 Å². The van der Waals surface area contributed by atoms with Crippen LogP contribution in [0.3, 0.4) is 0 Å². The third-order valence-electron chi connectivity index (χ3n) is 1.07. The van der Waals surface area contributed by atoms with E-state index in [0.29, 0.717) is 0 Å². The molecular formula is C5H9S2. The van der Waals surface area contributed by atoms with Crippen LogP contribution in [0.2, 0.25) is 0 Å². The molecule has 1 heterocycles. The van der Waals surface area contributed by atoms with Crippen molar-refractivity contribution >= 4 is 23.5 Å². The molecule has 1 aliphatic heterocycles. The Morgan fingerprint density at radius 1 is 1.71 bits per heavy atom. The molecule has 0 saturated carbocycles. The normalized spacial score (nSPS) is 31.3. The SMILES string of the molecule is [CH2]SC1CCCS1. The van der Waals surface area contributed by atoms with E-state index in [2.05, 4.69) is 6.26 Å². The smallest absolute Gasteiger partial charge is 0.0503 e. The summed E-state index contributed by atoms with van der Waals surface area (Å²) in [5.74, 6) is 1.35. The molecule has 0 bridgehead atoms. The third-order valence-corrected chi connectivity index (χ3v) is 3.63. The fourth-order valence-electron chi connectivity index (χ4n) is 0.680. The quantitative estimate of drug-likeness (QED) is 0.538. The van der Waals surface area contributed by atoms with Crippen LogP contribution in [0.4, 0.5) is 0 Å². The minimum Gasteiger partial charge on any atom is -0.148 e. The monoisotopic (exact) mass is 133 g/mol. The summed E-state index contributed by atoms with van der Waals surface area (Å²) >= 11 is 3.79. The zero-order valence-electron chi connectivity index (χ0n) is 4.22. The van der Waals surface area contributed by atoms with Gasteiger partial charge < -0.3 is 0 Å². The molecule has 0 N–H and O–H groups in total. The lowest BCUT2D eigenvalue weighted by Gasteiger charge is -1.98. The molecule has 0 aliphatic carbocycles. The van der Waals surface area contributed by atoms with E-state index in [0.717, 1.165) is 4.58 Å². The lowest BCUT2D eigenvalue weighted by Crippen LogP contribution is -1.82. The van der Waals surface area contributed by atoms with E-state index < -0.39 is 0 Å². The molecule has 1 unspecified atom stereocenters. The van der Waals surface area contributed by atoms with Crippen LogP contribution >= 0.6 is 23.5 Å². The molecule has 0 aromatic heterocycles. The summed E-state index contributed by atoms with van der Waals surface area (Å²) in [6, 6.07) is 0. The Balaban J connectivity index is 2.14.